The van der Waals surface area contributed by atoms with Crippen LogP contribution in [0.15, 0.2) is 40.9 Å². The predicted octanol–water partition coefficient (Wildman–Crippen LogP) is 3.98. The SMILES string of the molecule is NCc1cc(F)cc(Oc2cc(Br)ccc2F)c1. The van der Waals surface area contributed by atoms with Gasteiger partial charge < -0.3 is 10.5 Å². The highest BCUT2D eigenvalue weighted by molar-refractivity contribution is 9.10. The molecule has 5 heteroatoms. The van der Waals surface area contributed by atoms with Crippen molar-refractivity contribution < 1.29 is 13.5 Å². The van der Waals surface area contributed by atoms with E-state index in [9.17, 15) is 8.78 Å². The van der Waals surface area contributed by atoms with Crippen molar-refractivity contribution in [3.63, 3.8) is 0 Å². The van der Waals surface area contributed by atoms with E-state index in [0.29, 0.717) is 10.0 Å². The highest BCUT2D eigenvalue weighted by Crippen LogP contribution is 2.28. The lowest BCUT2D eigenvalue weighted by atomic mass is 10.2. The van der Waals surface area contributed by atoms with Crippen LogP contribution in [0, 0.1) is 11.6 Å². The van der Waals surface area contributed by atoms with Crippen molar-refractivity contribution in [3.05, 3.63) is 58.1 Å². The van der Waals surface area contributed by atoms with Gasteiger partial charge in [-0.15, -0.1) is 0 Å². The molecular weight excluding hydrogens is 304 g/mol. The number of benzene rings is 2. The van der Waals surface area contributed by atoms with Crippen LogP contribution < -0.4 is 10.5 Å². The molecule has 18 heavy (non-hydrogen) atoms. The van der Waals surface area contributed by atoms with E-state index in [0.717, 1.165) is 0 Å². The van der Waals surface area contributed by atoms with E-state index in [2.05, 4.69) is 15.9 Å². The molecule has 0 spiro atoms. The first kappa shape index (κ1) is 13.0. The standard InChI is InChI=1S/C13H10BrF2NO/c14-9-1-2-12(16)13(5-9)18-11-4-8(7-17)3-10(15)6-11/h1-6H,7,17H2. The molecule has 0 aliphatic carbocycles. The second kappa shape index (κ2) is 5.46. The largest absolute Gasteiger partial charge is 0.454 e. The summed E-state index contributed by atoms with van der Waals surface area (Å²) in [6, 6.07) is 8.36. The Morgan fingerprint density at radius 1 is 1.11 bits per heavy atom. The van der Waals surface area contributed by atoms with Gasteiger partial charge in [-0.05, 0) is 35.9 Å². The van der Waals surface area contributed by atoms with Gasteiger partial charge in [0.2, 0.25) is 0 Å². The number of ether oxygens (including phenoxy) is 1. The zero-order valence-electron chi connectivity index (χ0n) is 9.29. The van der Waals surface area contributed by atoms with Gasteiger partial charge in [0.15, 0.2) is 11.6 Å². The lowest BCUT2D eigenvalue weighted by Gasteiger charge is -2.08. The first-order valence-corrected chi connectivity index (χ1v) is 6.00. The maximum atomic E-state index is 13.5. The normalized spacial score (nSPS) is 10.4. The third-order valence-electron chi connectivity index (χ3n) is 2.29. The van der Waals surface area contributed by atoms with Crippen LogP contribution in [0.25, 0.3) is 0 Å². The lowest BCUT2D eigenvalue weighted by Crippen LogP contribution is -1.98. The van der Waals surface area contributed by atoms with Crippen LogP contribution in [0.1, 0.15) is 5.56 Å². The fourth-order valence-corrected chi connectivity index (χ4v) is 1.82. The molecule has 2 nitrogen and oxygen atoms in total. The Kier molecular flexibility index (Phi) is 3.93. The summed E-state index contributed by atoms with van der Waals surface area (Å²) in [5.41, 5.74) is 6.01. The van der Waals surface area contributed by atoms with E-state index in [1.165, 1.54) is 24.3 Å². The minimum Gasteiger partial charge on any atom is -0.454 e. The van der Waals surface area contributed by atoms with Crippen molar-refractivity contribution in [2.75, 3.05) is 0 Å². The molecule has 0 fully saturated rings. The van der Waals surface area contributed by atoms with Gasteiger partial charge in [0.05, 0.1) is 0 Å². The molecule has 0 amide bonds. The van der Waals surface area contributed by atoms with E-state index in [4.69, 9.17) is 10.5 Å². The zero-order valence-corrected chi connectivity index (χ0v) is 10.9. The van der Waals surface area contributed by atoms with E-state index in [-0.39, 0.29) is 18.0 Å². The number of halogens is 3. The second-order valence-electron chi connectivity index (χ2n) is 3.68. The van der Waals surface area contributed by atoms with Gasteiger partial charge in [-0.1, -0.05) is 15.9 Å². The minimum absolute atomic E-state index is 0.0259. The monoisotopic (exact) mass is 313 g/mol. The molecule has 0 bridgehead atoms. The van der Waals surface area contributed by atoms with Gasteiger partial charge in [0.25, 0.3) is 0 Å². The molecule has 2 aromatic carbocycles. The van der Waals surface area contributed by atoms with Gasteiger partial charge in [-0.3, -0.25) is 0 Å². The Hall–Kier alpha value is -1.46. The van der Waals surface area contributed by atoms with Crippen molar-refractivity contribution in [1.29, 1.82) is 0 Å². The van der Waals surface area contributed by atoms with Crippen molar-refractivity contribution >= 4 is 15.9 Å². The molecule has 0 aliphatic heterocycles. The summed E-state index contributed by atoms with van der Waals surface area (Å²) in [6.07, 6.45) is 0. The van der Waals surface area contributed by atoms with Crippen LogP contribution in [-0.4, -0.2) is 0 Å². The molecule has 0 aromatic heterocycles. The average Bonchev–Trinajstić information content (AvgIpc) is 2.33. The summed E-state index contributed by atoms with van der Waals surface area (Å²) in [5.74, 6) is -0.745. The maximum absolute atomic E-state index is 13.5. The summed E-state index contributed by atoms with van der Waals surface area (Å²) in [6.45, 7) is 0.190. The molecule has 94 valence electrons. The summed E-state index contributed by atoms with van der Waals surface area (Å²) in [5, 5.41) is 0. The molecule has 0 atom stereocenters. The van der Waals surface area contributed by atoms with Crippen molar-refractivity contribution in [2.45, 2.75) is 6.54 Å². The van der Waals surface area contributed by atoms with Gasteiger partial charge in [-0.25, -0.2) is 8.78 Å². The minimum atomic E-state index is -0.517. The van der Waals surface area contributed by atoms with Gasteiger partial charge in [0, 0.05) is 17.1 Å². The molecule has 0 aliphatic rings. The summed E-state index contributed by atoms with van der Waals surface area (Å²) in [7, 11) is 0. The summed E-state index contributed by atoms with van der Waals surface area (Å²) < 4.78 is 32.7. The van der Waals surface area contributed by atoms with E-state index in [1.807, 2.05) is 0 Å². The maximum Gasteiger partial charge on any atom is 0.165 e. The van der Waals surface area contributed by atoms with Crippen molar-refractivity contribution in [3.8, 4) is 11.5 Å². The van der Waals surface area contributed by atoms with Crippen LogP contribution in [0.5, 0.6) is 11.5 Å². The Balaban J connectivity index is 2.33. The Morgan fingerprint density at radius 3 is 2.61 bits per heavy atom. The van der Waals surface area contributed by atoms with Crippen LogP contribution in [0.4, 0.5) is 8.78 Å². The van der Waals surface area contributed by atoms with E-state index in [1.54, 1.807) is 12.1 Å². The third kappa shape index (κ3) is 3.05. The molecule has 0 heterocycles. The van der Waals surface area contributed by atoms with E-state index >= 15 is 0 Å². The van der Waals surface area contributed by atoms with Gasteiger partial charge in [-0.2, -0.15) is 0 Å². The topological polar surface area (TPSA) is 35.2 Å². The molecule has 2 rings (SSSR count). The number of nitrogens with two attached hydrogens (primary N) is 1. The molecule has 2 N–H and O–H groups in total. The highest BCUT2D eigenvalue weighted by atomic mass is 79.9. The van der Waals surface area contributed by atoms with Crippen LogP contribution >= 0.6 is 15.9 Å². The summed E-state index contributed by atoms with van der Waals surface area (Å²) >= 11 is 3.21. The molecule has 0 unspecified atom stereocenters. The first-order valence-electron chi connectivity index (χ1n) is 5.21. The molecule has 0 saturated heterocycles. The third-order valence-corrected chi connectivity index (χ3v) is 2.78. The predicted molar refractivity (Wildman–Crippen MR) is 68.5 cm³/mol. The number of hydrogen-bond acceptors (Lipinski definition) is 2. The number of rotatable bonds is 3. The molecule has 0 saturated carbocycles. The van der Waals surface area contributed by atoms with Crippen molar-refractivity contribution in [1.82, 2.24) is 0 Å². The van der Waals surface area contributed by atoms with Gasteiger partial charge in [0.1, 0.15) is 11.6 Å². The molecule has 0 radical (unpaired) electrons. The fraction of sp³-hybridized carbons (Fsp3) is 0.0769. The van der Waals surface area contributed by atoms with Gasteiger partial charge >= 0.3 is 0 Å². The fourth-order valence-electron chi connectivity index (χ4n) is 1.48. The summed E-state index contributed by atoms with van der Waals surface area (Å²) in [4.78, 5) is 0. The molecular formula is C13H10BrF2NO. The van der Waals surface area contributed by atoms with Crippen LogP contribution in [0.3, 0.4) is 0 Å². The lowest BCUT2D eigenvalue weighted by molar-refractivity contribution is 0.438. The van der Waals surface area contributed by atoms with Crippen LogP contribution in [0.2, 0.25) is 0 Å². The smallest absolute Gasteiger partial charge is 0.165 e. The highest BCUT2D eigenvalue weighted by Gasteiger charge is 2.07. The first-order chi connectivity index (χ1) is 8.58. The molecule has 2 aromatic rings. The Bertz CT molecular complexity index is 575. The van der Waals surface area contributed by atoms with Crippen LogP contribution in [-0.2, 0) is 6.54 Å². The zero-order chi connectivity index (χ0) is 13.1. The number of hydrogen-bond donors (Lipinski definition) is 1. The second-order valence-corrected chi connectivity index (χ2v) is 4.59. The van der Waals surface area contributed by atoms with E-state index < -0.39 is 11.6 Å². The Morgan fingerprint density at radius 2 is 1.89 bits per heavy atom. The Labute approximate surface area is 112 Å². The average molecular weight is 314 g/mol. The quantitative estimate of drug-likeness (QED) is 0.930. The van der Waals surface area contributed by atoms with Crippen molar-refractivity contribution in [2.24, 2.45) is 5.73 Å².